The minimum atomic E-state index is -4.52. The Kier molecular flexibility index (Phi) is 7.93. The summed E-state index contributed by atoms with van der Waals surface area (Å²) in [6.45, 7) is 9.04. The molecule has 0 aromatic heterocycles. The highest BCUT2D eigenvalue weighted by Crippen LogP contribution is 2.47. The highest BCUT2D eigenvalue weighted by atomic mass is 19.4. The number of carbonyl (C=O) groups is 2. The predicted molar refractivity (Wildman–Crippen MR) is 143 cm³/mol. The third kappa shape index (κ3) is 6.10. The fourth-order valence-electron chi connectivity index (χ4n) is 5.64. The second kappa shape index (κ2) is 10.8. The minimum absolute atomic E-state index is 0.0221. The highest BCUT2D eigenvalue weighted by Gasteiger charge is 2.42. The number of rotatable bonds is 6. The van der Waals surface area contributed by atoms with E-state index in [2.05, 4.69) is 19.2 Å². The number of aryl methyl sites for hydroxylation is 1. The smallest absolute Gasteiger partial charge is 0.416 e. The average molecular weight is 563 g/mol. The highest BCUT2D eigenvalue weighted by molar-refractivity contribution is 5.90. The van der Waals surface area contributed by atoms with Crippen LogP contribution in [0.1, 0.15) is 75.3 Å². The van der Waals surface area contributed by atoms with Crippen molar-refractivity contribution in [2.24, 2.45) is 5.41 Å². The van der Waals surface area contributed by atoms with Gasteiger partial charge >= 0.3 is 12.3 Å². The van der Waals surface area contributed by atoms with Gasteiger partial charge in [-0.1, -0.05) is 25.5 Å². The first-order valence-electron chi connectivity index (χ1n) is 13.1. The number of cyclic esters (lactones) is 1. The van der Waals surface area contributed by atoms with E-state index >= 15 is 0 Å². The van der Waals surface area contributed by atoms with Crippen LogP contribution in [0.25, 0.3) is 5.57 Å². The fraction of sp³-hybridized carbons (Fsp3) is 0.467. The van der Waals surface area contributed by atoms with Crippen LogP contribution in [0.4, 0.5) is 28.0 Å². The van der Waals surface area contributed by atoms with Crippen molar-refractivity contribution in [3.8, 4) is 5.75 Å². The molecule has 2 aliphatic rings. The molecule has 2 amide bonds. The predicted octanol–water partition coefficient (Wildman–Crippen LogP) is 7.67. The zero-order valence-electron chi connectivity index (χ0n) is 23.5. The van der Waals surface area contributed by atoms with Crippen molar-refractivity contribution in [1.82, 2.24) is 4.90 Å². The van der Waals surface area contributed by atoms with Crippen LogP contribution in [0.3, 0.4) is 0 Å². The van der Waals surface area contributed by atoms with Crippen molar-refractivity contribution in [3.63, 3.8) is 0 Å². The van der Waals surface area contributed by atoms with E-state index in [1.807, 2.05) is 0 Å². The molecular weight excluding hydrogens is 528 g/mol. The number of allylic oxidation sites excluding steroid dienone is 1. The summed E-state index contributed by atoms with van der Waals surface area (Å²) in [5.74, 6) is -0.753. The van der Waals surface area contributed by atoms with Gasteiger partial charge in [-0.25, -0.2) is 9.18 Å². The van der Waals surface area contributed by atoms with E-state index < -0.39 is 41.7 Å². The topological polar surface area (TPSA) is 67.9 Å². The first-order chi connectivity index (χ1) is 18.6. The van der Waals surface area contributed by atoms with Crippen molar-refractivity contribution < 1.29 is 36.6 Å². The van der Waals surface area contributed by atoms with Crippen LogP contribution in [0, 0.1) is 18.2 Å². The van der Waals surface area contributed by atoms with Crippen LogP contribution >= 0.6 is 0 Å². The quantitative estimate of drug-likeness (QED) is 0.367. The third-order valence-corrected chi connectivity index (χ3v) is 7.60. The second-order valence-electron chi connectivity index (χ2n) is 11.4. The second-order valence-corrected chi connectivity index (χ2v) is 11.4. The molecular formula is C30H34F4N2O4. The first-order valence-corrected chi connectivity index (χ1v) is 13.1. The molecule has 0 radical (unpaired) electrons. The lowest BCUT2D eigenvalue weighted by atomic mass is 9.72. The normalized spacial score (nSPS) is 20.9. The standard InChI is InChI=1S/C30H34F4N2O4/c1-16-9-19(11-21(10-16)30(32,33)34)27-17(2)36(28(38)40-27)15-20-14-29(4,5)8-7-22(20)23-12-25(35-18(3)37)24(31)13-26(23)39-6/h9-13,17,27H,7-8,14-15H2,1-6H3,(H,35,37)/t17-,27-/m0/s1. The number of hydrogen-bond donors (Lipinski definition) is 1. The lowest BCUT2D eigenvalue weighted by Crippen LogP contribution is -2.35. The Balaban J connectivity index is 1.73. The van der Waals surface area contributed by atoms with Crippen LogP contribution < -0.4 is 10.1 Å². The summed E-state index contributed by atoms with van der Waals surface area (Å²) in [5, 5.41) is 2.51. The number of carbonyl (C=O) groups excluding carboxylic acids is 2. The number of ether oxygens (including phenoxy) is 2. The van der Waals surface area contributed by atoms with Gasteiger partial charge in [0.15, 0.2) is 0 Å². The van der Waals surface area contributed by atoms with Gasteiger partial charge in [0.05, 0.1) is 24.4 Å². The summed E-state index contributed by atoms with van der Waals surface area (Å²) in [5.41, 5.74) is 2.26. The number of methoxy groups -OCH3 is 1. The van der Waals surface area contributed by atoms with Gasteiger partial charge in [-0.15, -0.1) is 0 Å². The molecule has 1 N–H and O–H groups in total. The van der Waals surface area contributed by atoms with E-state index in [0.717, 1.165) is 29.7 Å². The molecule has 1 fully saturated rings. The van der Waals surface area contributed by atoms with Gasteiger partial charge in [0.25, 0.3) is 0 Å². The number of anilines is 1. The van der Waals surface area contributed by atoms with Gasteiger partial charge in [-0.2, -0.15) is 13.2 Å². The number of hydrogen-bond acceptors (Lipinski definition) is 4. The van der Waals surface area contributed by atoms with Gasteiger partial charge in [0, 0.05) is 25.1 Å². The molecule has 1 aliphatic carbocycles. The van der Waals surface area contributed by atoms with E-state index in [-0.39, 0.29) is 23.2 Å². The zero-order valence-corrected chi connectivity index (χ0v) is 23.5. The molecule has 4 rings (SSSR count). The Morgan fingerprint density at radius 1 is 1.20 bits per heavy atom. The molecule has 0 spiro atoms. The van der Waals surface area contributed by atoms with Crippen molar-refractivity contribution in [2.45, 2.75) is 72.2 Å². The molecule has 10 heteroatoms. The van der Waals surface area contributed by atoms with Crippen LogP contribution in [0.15, 0.2) is 35.9 Å². The van der Waals surface area contributed by atoms with Crippen LogP contribution in [-0.4, -0.2) is 36.6 Å². The molecule has 2 aromatic carbocycles. The van der Waals surface area contributed by atoms with Crippen molar-refractivity contribution in [3.05, 3.63) is 64.0 Å². The molecule has 216 valence electrons. The molecule has 40 heavy (non-hydrogen) atoms. The molecule has 0 saturated carbocycles. The maximum absolute atomic E-state index is 14.7. The summed E-state index contributed by atoms with van der Waals surface area (Å²) in [6, 6.07) is 5.93. The van der Waals surface area contributed by atoms with Crippen LogP contribution in [0.2, 0.25) is 0 Å². The molecule has 6 nitrogen and oxygen atoms in total. The van der Waals surface area contributed by atoms with E-state index in [9.17, 15) is 27.2 Å². The average Bonchev–Trinajstić information content (AvgIpc) is 3.12. The number of nitrogens with one attached hydrogen (secondary N) is 1. The Morgan fingerprint density at radius 2 is 1.90 bits per heavy atom. The van der Waals surface area contributed by atoms with Crippen LogP contribution in [0.5, 0.6) is 5.75 Å². The van der Waals surface area contributed by atoms with E-state index in [1.165, 1.54) is 25.0 Å². The molecule has 2 atom stereocenters. The van der Waals surface area contributed by atoms with Crippen molar-refractivity contribution in [1.29, 1.82) is 0 Å². The molecule has 1 aliphatic heterocycles. The van der Waals surface area contributed by atoms with Gasteiger partial charge in [-0.05, 0) is 73.4 Å². The van der Waals surface area contributed by atoms with Gasteiger partial charge in [0.1, 0.15) is 17.7 Å². The minimum Gasteiger partial charge on any atom is -0.496 e. The summed E-state index contributed by atoms with van der Waals surface area (Å²) in [7, 11) is 1.44. The summed E-state index contributed by atoms with van der Waals surface area (Å²) in [6.07, 6.45) is -3.94. The van der Waals surface area contributed by atoms with E-state index in [4.69, 9.17) is 9.47 Å². The zero-order chi connectivity index (χ0) is 29.6. The van der Waals surface area contributed by atoms with E-state index in [0.29, 0.717) is 29.7 Å². The largest absolute Gasteiger partial charge is 0.496 e. The number of alkyl halides is 3. The SMILES string of the molecule is COc1cc(F)c(NC(C)=O)cc1C1=C(CN2C(=O)O[C@H](c3cc(C)cc(C(F)(F)F)c3)[C@@H]2C)CC(C)(C)CC1. The van der Waals surface area contributed by atoms with Crippen LogP contribution in [-0.2, 0) is 15.7 Å². The Hall–Kier alpha value is -3.56. The van der Waals surface area contributed by atoms with Gasteiger partial charge in [-0.3, -0.25) is 9.69 Å². The fourth-order valence-corrected chi connectivity index (χ4v) is 5.64. The molecule has 0 unspecified atom stereocenters. The Morgan fingerprint density at radius 3 is 2.52 bits per heavy atom. The summed E-state index contributed by atoms with van der Waals surface area (Å²) in [4.78, 5) is 26.3. The third-order valence-electron chi connectivity index (χ3n) is 7.60. The number of nitrogens with zero attached hydrogens (tertiary/aromatic N) is 1. The number of halogens is 4. The van der Waals surface area contributed by atoms with Gasteiger partial charge < -0.3 is 14.8 Å². The maximum atomic E-state index is 14.7. The summed E-state index contributed by atoms with van der Waals surface area (Å²) < 4.78 is 66.2. The first kappa shape index (κ1) is 29.4. The number of amides is 2. The monoisotopic (exact) mass is 562 g/mol. The molecule has 1 saturated heterocycles. The lowest BCUT2D eigenvalue weighted by molar-refractivity contribution is -0.137. The number of benzene rings is 2. The molecule has 1 heterocycles. The maximum Gasteiger partial charge on any atom is 0.416 e. The van der Waals surface area contributed by atoms with Gasteiger partial charge in [0.2, 0.25) is 5.91 Å². The van der Waals surface area contributed by atoms with Crippen molar-refractivity contribution >= 4 is 23.3 Å². The molecule has 0 bridgehead atoms. The van der Waals surface area contributed by atoms with Crippen molar-refractivity contribution in [2.75, 3.05) is 19.0 Å². The molecule has 2 aromatic rings. The van der Waals surface area contributed by atoms with E-state index in [1.54, 1.807) is 26.0 Å². The Labute approximate surface area is 231 Å². The Bertz CT molecular complexity index is 1370. The summed E-state index contributed by atoms with van der Waals surface area (Å²) >= 11 is 0. The lowest BCUT2D eigenvalue weighted by Gasteiger charge is -2.36.